The van der Waals surface area contributed by atoms with Crippen molar-refractivity contribution in [3.8, 4) is 11.6 Å². The molecule has 0 atom stereocenters. The minimum absolute atomic E-state index is 0.0431. The molecule has 1 aromatic heterocycles. The normalized spacial score (nSPS) is 9.55. The fourth-order valence-electron chi connectivity index (χ4n) is 0.627. The summed E-state index contributed by atoms with van der Waals surface area (Å²) in [6.07, 6.45) is 1.47. The second-order valence-electron chi connectivity index (χ2n) is 1.88. The van der Waals surface area contributed by atoms with Crippen molar-refractivity contribution in [3.05, 3.63) is 18.3 Å². The van der Waals surface area contributed by atoms with Crippen LogP contribution in [0.3, 0.4) is 0 Å². The predicted molar refractivity (Wildman–Crippen MR) is 37.0 cm³/mol. The van der Waals surface area contributed by atoms with Crippen molar-refractivity contribution in [1.82, 2.24) is 4.98 Å². The van der Waals surface area contributed by atoms with Crippen LogP contribution in [0.25, 0.3) is 0 Å². The van der Waals surface area contributed by atoms with Gasteiger partial charge in [0.05, 0.1) is 6.61 Å². The Morgan fingerprint density at radius 1 is 1.64 bits per heavy atom. The summed E-state index contributed by atoms with van der Waals surface area (Å²) < 4.78 is 4.81. The first kappa shape index (κ1) is 7.81. The van der Waals surface area contributed by atoms with Crippen LogP contribution in [0, 0.1) is 0 Å². The highest BCUT2D eigenvalue weighted by atomic mass is 16.5. The number of hydrogen-bond acceptors (Lipinski definition) is 3. The molecule has 0 aliphatic carbocycles. The summed E-state index contributed by atoms with van der Waals surface area (Å²) in [5.74, 6) is -0.220. The third kappa shape index (κ3) is 2.09. The minimum atomic E-state index is -0.263. The molecule has 0 saturated carbocycles. The van der Waals surface area contributed by atoms with Crippen molar-refractivity contribution in [2.75, 3.05) is 13.2 Å². The fourth-order valence-corrected chi connectivity index (χ4v) is 0.627. The van der Waals surface area contributed by atoms with E-state index in [2.05, 4.69) is 4.98 Å². The summed E-state index contributed by atoms with van der Waals surface area (Å²) in [6.45, 7) is -0.0116. The maximum atomic E-state index is 10.9. The number of pyridine rings is 1. The maximum Gasteiger partial charge on any atom is 0.262 e. The van der Waals surface area contributed by atoms with E-state index < -0.39 is 0 Å². The zero-order valence-electron chi connectivity index (χ0n) is 5.86. The second kappa shape index (κ2) is 3.78. The Morgan fingerprint density at radius 2 is 2.45 bits per heavy atom. The molecule has 1 aromatic rings. The van der Waals surface area contributed by atoms with Crippen molar-refractivity contribution < 1.29 is 14.9 Å². The van der Waals surface area contributed by atoms with Gasteiger partial charge < -0.3 is 9.84 Å². The van der Waals surface area contributed by atoms with Gasteiger partial charge in [-0.2, -0.15) is 0 Å². The number of aromatic nitrogens is 1. The van der Waals surface area contributed by atoms with Gasteiger partial charge in [-0.1, -0.05) is 0 Å². The molecule has 1 radical (unpaired) electrons. The first-order valence-corrected chi connectivity index (χ1v) is 3.20. The molecule has 1 heterocycles. The monoisotopic (exact) mass is 154 g/mol. The lowest BCUT2D eigenvalue weighted by Gasteiger charge is -2.01. The van der Waals surface area contributed by atoms with Crippen molar-refractivity contribution in [2.45, 2.75) is 0 Å². The second-order valence-corrected chi connectivity index (χ2v) is 1.88. The Morgan fingerprint density at radius 3 is 3.09 bits per heavy atom. The largest absolute Gasteiger partial charge is 0.472 e. The molecule has 11 heavy (non-hydrogen) atoms. The Kier molecular flexibility index (Phi) is 2.68. The topological polar surface area (TPSA) is 62.2 Å². The highest BCUT2D eigenvalue weighted by Crippen LogP contribution is 2.21. The van der Waals surface area contributed by atoms with Crippen molar-refractivity contribution in [3.63, 3.8) is 0 Å². The minimum Gasteiger partial charge on any atom is -0.472 e. The molecular formula is C7H8NO3. The van der Waals surface area contributed by atoms with E-state index in [1.165, 1.54) is 18.3 Å². The molecule has 0 aromatic carbocycles. The SMILES string of the molecule is [O]c1cccnc1OCCO. The Balaban J connectivity index is 2.62. The lowest BCUT2D eigenvalue weighted by molar-refractivity contribution is 0.188. The van der Waals surface area contributed by atoms with Gasteiger partial charge in [0, 0.05) is 6.20 Å². The van der Waals surface area contributed by atoms with Gasteiger partial charge in [-0.25, -0.2) is 4.98 Å². The van der Waals surface area contributed by atoms with Gasteiger partial charge in [-0.15, -0.1) is 0 Å². The van der Waals surface area contributed by atoms with E-state index in [4.69, 9.17) is 9.84 Å². The lowest BCUT2D eigenvalue weighted by atomic mass is 10.4. The van der Waals surface area contributed by atoms with Crippen molar-refractivity contribution >= 4 is 0 Å². The number of aliphatic hydroxyl groups is 1. The fraction of sp³-hybridized carbons (Fsp3) is 0.286. The van der Waals surface area contributed by atoms with E-state index in [0.29, 0.717) is 0 Å². The summed E-state index contributed by atoms with van der Waals surface area (Å²) in [5, 5.41) is 19.2. The van der Waals surface area contributed by atoms with Gasteiger partial charge >= 0.3 is 0 Å². The van der Waals surface area contributed by atoms with Crippen molar-refractivity contribution in [2.24, 2.45) is 0 Å². The number of ether oxygens (including phenoxy) is 1. The molecule has 0 bridgehead atoms. The summed E-state index contributed by atoms with van der Waals surface area (Å²) in [5.41, 5.74) is 0. The molecule has 0 saturated heterocycles. The van der Waals surface area contributed by atoms with Gasteiger partial charge in [0.15, 0.2) is 0 Å². The molecule has 0 fully saturated rings. The Hall–Kier alpha value is -1.29. The average Bonchev–Trinajstić information content (AvgIpc) is 2.03. The Labute approximate surface area is 64.1 Å². The molecule has 1 rings (SSSR count). The third-order valence-corrected chi connectivity index (χ3v) is 1.07. The van der Waals surface area contributed by atoms with Crippen LogP contribution in [0.4, 0.5) is 0 Å². The van der Waals surface area contributed by atoms with Crippen LogP contribution in [0.2, 0.25) is 0 Å². The van der Waals surface area contributed by atoms with E-state index in [1.54, 1.807) is 0 Å². The Bertz CT molecular complexity index is 227. The molecular weight excluding hydrogens is 146 g/mol. The molecule has 0 amide bonds. The molecule has 0 aliphatic rings. The first-order valence-electron chi connectivity index (χ1n) is 3.20. The van der Waals surface area contributed by atoms with Crippen molar-refractivity contribution in [1.29, 1.82) is 0 Å². The number of rotatable bonds is 3. The zero-order chi connectivity index (χ0) is 8.10. The predicted octanol–water partition coefficient (Wildman–Crippen LogP) is 0.596. The smallest absolute Gasteiger partial charge is 0.262 e. The summed E-state index contributed by atoms with van der Waals surface area (Å²) >= 11 is 0. The van der Waals surface area contributed by atoms with E-state index in [0.717, 1.165) is 0 Å². The van der Waals surface area contributed by atoms with Crippen LogP contribution in [0.1, 0.15) is 0 Å². The summed E-state index contributed by atoms with van der Waals surface area (Å²) in [6, 6.07) is 2.90. The number of hydrogen-bond donors (Lipinski definition) is 1. The van der Waals surface area contributed by atoms with E-state index in [-0.39, 0.29) is 24.8 Å². The molecule has 1 N–H and O–H groups in total. The molecule has 0 aliphatic heterocycles. The maximum absolute atomic E-state index is 10.9. The van der Waals surface area contributed by atoms with Gasteiger partial charge in [0.2, 0.25) is 5.75 Å². The molecule has 4 nitrogen and oxygen atoms in total. The van der Waals surface area contributed by atoms with E-state index in [1.807, 2.05) is 0 Å². The lowest BCUT2D eigenvalue weighted by Crippen LogP contribution is -2.02. The summed E-state index contributed by atoms with van der Waals surface area (Å²) in [7, 11) is 0. The van der Waals surface area contributed by atoms with Gasteiger partial charge in [0.25, 0.3) is 5.88 Å². The average molecular weight is 154 g/mol. The number of nitrogens with zero attached hydrogens (tertiary/aromatic N) is 1. The quantitative estimate of drug-likeness (QED) is 0.693. The number of aliphatic hydroxyl groups excluding tert-OH is 1. The zero-order valence-corrected chi connectivity index (χ0v) is 5.86. The van der Waals surface area contributed by atoms with Crippen LogP contribution >= 0.6 is 0 Å². The summed E-state index contributed by atoms with van der Waals surface area (Å²) in [4.78, 5) is 3.67. The van der Waals surface area contributed by atoms with Crippen LogP contribution in [0.15, 0.2) is 18.3 Å². The highest BCUT2D eigenvalue weighted by molar-refractivity contribution is 5.30. The third-order valence-electron chi connectivity index (χ3n) is 1.07. The molecule has 4 heteroatoms. The molecule has 59 valence electrons. The van der Waals surface area contributed by atoms with Crippen LogP contribution in [-0.2, 0) is 5.11 Å². The molecule has 0 spiro atoms. The van der Waals surface area contributed by atoms with Crippen LogP contribution < -0.4 is 4.74 Å². The van der Waals surface area contributed by atoms with Gasteiger partial charge in [-0.3, -0.25) is 5.11 Å². The molecule has 0 unspecified atom stereocenters. The van der Waals surface area contributed by atoms with Crippen LogP contribution in [-0.4, -0.2) is 23.3 Å². The highest BCUT2D eigenvalue weighted by Gasteiger charge is 2.02. The van der Waals surface area contributed by atoms with Gasteiger partial charge in [-0.05, 0) is 12.1 Å². The van der Waals surface area contributed by atoms with E-state index in [9.17, 15) is 5.11 Å². The standard InChI is InChI=1S/C7H8NO3/c9-4-5-11-7-6(10)2-1-3-8-7/h1-3,9H,4-5H2. The van der Waals surface area contributed by atoms with Gasteiger partial charge in [0.1, 0.15) is 6.61 Å². The first-order chi connectivity index (χ1) is 5.34. The van der Waals surface area contributed by atoms with Crippen LogP contribution in [0.5, 0.6) is 11.6 Å². The van der Waals surface area contributed by atoms with E-state index >= 15 is 0 Å².